The second-order valence-corrected chi connectivity index (χ2v) is 6.11. The molecular formula is C16H16BNO4. The lowest BCUT2D eigenvalue weighted by molar-refractivity contribution is 0.0692. The Kier molecular flexibility index (Phi) is 3.65. The Morgan fingerprint density at radius 3 is 2.68 bits per heavy atom. The van der Waals surface area contributed by atoms with Crippen LogP contribution in [0.1, 0.15) is 45.5 Å². The molecule has 0 bridgehead atoms. The molecule has 0 atom stereocenters. The van der Waals surface area contributed by atoms with E-state index in [2.05, 4.69) is 5.97 Å². The number of fused-ring (bicyclic) bond motifs is 2. The van der Waals surface area contributed by atoms with E-state index in [1.54, 1.807) is 6.07 Å². The topological polar surface area (TPSA) is 87.4 Å². The van der Waals surface area contributed by atoms with E-state index in [-0.39, 0.29) is 23.3 Å². The van der Waals surface area contributed by atoms with Crippen LogP contribution in [0.4, 0.5) is 0 Å². The van der Waals surface area contributed by atoms with Crippen molar-refractivity contribution in [1.29, 1.82) is 5.26 Å². The molecule has 22 heavy (non-hydrogen) atoms. The molecule has 2 aliphatic heterocycles. The standard InChI is InChI=1S/C16H16BNO4/c18-10-17-6-3-16(4-7-17)5-8-22-14-12(9-19)11(15(20)21)1-2-13(14)16/h1-2,9H,3-8H2,(H,20,21). The first-order valence-corrected chi connectivity index (χ1v) is 7.50. The number of carbonyl (C=O) groups excluding carboxylic acids is 1. The van der Waals surface area contributed by atoms with Crippen LogP contribution in [0.25, 0.3) is 0 Å². The van der Waals surface area contributed by atoms with Crippen LogP contribution in [0.2, 0.25) is 12.6 Å². The molecule has 1 aromatic carbocycles. The average molecular weight is 297 g/mol. The van der Waals surface area contributed by atoms with Crippen molar-refractivity contribution in [3.8, 4) is 11.7 Å². The summed E-state index contributed by atoms with van der Waals surface area (Å²) in [6.07, 6.45) is 4.86. The van der Waals surface area contributed by atoms with Crippen molar-refractivity contribution >= 4 is 19.0 Å². The summed E-state index contributed by atoms with van der Waals surface area (Å²) in [5, 5.41) is 18.3. The molecule has 0 unspecified atom stereocenters. The van der Waals surface area contributed by atoms with Crippen molar-refractivity contribution in [2.24, 2.45) is 0 Å². The Hall–Kier alpha value is -2.29. The Balaban J connectivity index is 2.07. The van der Waals surface area contributed by atoms with Gasteiger partial charge in [-0.05, 0) is 25.3 Å². The van der Waals surface area contributed by atoms with E-state index in [1.165, 1.54) is 6.07 Å². The van der Waals surface area contributed by atoms with Crippen molar-refractivity contribution in [3.63, 3.8) is 0 Å². The minimum absolute atomic E-state index is 0.0171. The van der Waals surface area contributed by atoms with Crippen LogP contribution in [-0.2, 0) is 5.41 Å². The molecule has 1 aromatic rings. The van der Waals surface area contributed by atoms with Crippen LogP contribution >= 0.6 is 0 Å². The number of nitriles is 1. The van der Waals surface area contributed by atoms with Crippen LogP contribution in [0.3, 0.4) is 0 Å². The van der Waals surface area contributed by atoms with Gasteiger partial charge in [-0.15, -0.1) is 0 Å². The zero-order valence-electron chi connectivity index (χ0n) is 12.2. The minimum atomic E-state index is -1.12. The number of rotatable bonds is 2. The normalized spacial score (nSPS) is 19.0. The summed E-state index contributed by atoms with van der Waals surface area (Å²) in [4.78, 5) is 22.7. The van der Waals surface area contributed by atoms with Gasteiger partial charge in [0, 0.05) is 16.9 Å². The Bertz CT molecular complexity index is 671. The van der Waals surface area contributed by atoms with Crippen LogP contribution < -0.4 is 4.74 Å². The maximum atomic E-state index is 11.4. The van der Waals surface area contributed by atoms with E-state index in [4.69, 9.17) is 10.00 Å². The van der Waals surface area contributed by atoms with E-state index in [1.807, 2.05) is 0 Å². The van der Waals surface area contributed by atoms with E-state index in [0.29, 0.717) is 18.6 Å². The number of hydrogen-bond acceptors (Lipinski definition) is 4. The molecule has 0 saturated carbocycles. The highest BCUT2D eigenvalue weighted by Crippen LogP contribution is 2.49. The van der Waals surface area contributed by atoms with Crippen molar-refractivity contribution < 1.29 is 19.4 Å². The van der Waals surface area contributed by atoms with Gasteiger partial charge in [-0.2, -0.15) is 0 Å². The molecule has 1 spiro atoms. The van der Waals surface area contributed by atoms with Gasteiger partial charge >= 0.3 is 5.97 Å². The van der Waals surface area contributed by atoms with Gasteiger partial charge in [0.2, 0.25) is 0 Å². The molecule has 0 radical (unpaired) electrons. The zero-order valence-corrected chi connectivity index (χ0v) is 12.2. The molecular weight excluding hydrogens is 281 g/mol. The molecule has 6 heteroatoms. The van der Waals surface area contributed by atoms with E-state index in [0.717, 1.165) is 37.5 Å². The summed E-state index contributed by atoms with van der Waals surface area (Å²) < 4.78 is 5.66. The lowest BCUT2D eigenvalue weighted by atomic mass is 9.38. The number of nitrogens with zero attached hydrogens (tertiary/aromatic N) is 1. The fourth-order valence-corrected chi connectivity index (χ4v) is 3.78. The fourth-order valence-electron chi connectivity index (χ4n) is 3.78. The number of carboxylic acid groups (broad SMARTS) is 1. The first-order valence-electron chi connectivity index (χ1n) is 7.50. The van der Waals surface area contributed by atoms with Crippen molar-refractivity contribution in [2.45, 2.75) is 37.3 Å². The van der Waals surface area contributed by atoms with Gasteiger partial charge < -0.3 is 9.84 Å². The minimum Gasteiger partial charge on any atom is -0.492 e. The zero-order chi connectivity index (χ0) is 15.7. The average Bonchev–Trinajstić information content (AvgIpc) is 2.54. The first-order chi connectivity index (χ1) is 10.6. The molecule has 1 saturated heterocycles. The highest BCUT2D eigenvalue weighted by molar-refractivity contribution is 6.67. The Labute approximate surface area is 129 Å². The molecule has 5 nitrogen and oxygen atoms in total. The Morgan fingerprint density at radius 1 is 1.36 bits per heavy atom. The van der Waals surface area contributed by atoms with Crippen LogP contribution in [0, 0.1) is 11.2 Å². The predicted molar refractivity (Wildman–Crippen MR) is 80.8 cm³/mol. The second-order valence-electron chi connectivity index (χ2n) is 6.11. The molecule has 3 rings (SSSR count). The van der Waals surface area contributed by atoms with Gasteiger partial charge in [-0.1, -0.05) is 18.7 Å². The molecule has 2 aliphatic rings. The van der Waals surface area contributed by atoms with Gasteiger partial charge in [0.25, 0.3) is 6.71 Å². The van der Waals surface area contributed by atoms with E-state index >= 15 is 0 Å². The van der Waals surface area contributed by atoms with Gasteiger partial charge in [0.05, 0.1) is 17.7 Å². The van der Waals surface area contributed by atoms with Crippen molar-refractivity contribution in [3.05, 3.63) is 28.8 Å². The SMILES string of the molecule is N#CB1CCC2(CCOc3c2ccc(C(=O)O)c3C=O)CC1. The van der Waals surface area contributed by atoms with Gasteiger partial charge in [-0.25, -0.2) is 10.1 Å². The highest BCUT2D eigenvalue weighted by Gasteiger charge is 2.43. The summed E-state index contributed by atoms with van der Waals surface area (Å²) in [5.41, 5.74) is 0.959. The monoisotopic (exact) mass is 297 g/mol. The Morgan fingerprint density at radius 2 is 2.09 bits per heavy atom. The van der Waals surface area contributed by atoms with E-state index < -0.39 is 5.97 Å². The number of carboxylic acids is 1. The van der Waals surface area contributed by atoms with Gasteiger partial charge in [0.1, 0.15) is 5.75 Å². The molecule has 0 amide bonds. The third-order valence-electron chi connectivity index (χ3n) is 5.07. The number of aromatic carboxylic acids is 1. The van der Waals surface area contributed by atoms with Gasteiger partial charge in [-0.3, -0.25) is 4.79 Å². The smallest absolute Gasteiger partial charge is 0.336 e. The quantitative estimate of drug-likeness (QED) is 0.669. The van der Waals surface area contributed by atoms with Crippen LogP contribution in [0.5, 0.6) is 5.75 Å². The van der Waals surface area contributed by atoms with Gasteiger partial charge in [0.15, 0.2) is 6.29 Å². The molecule has 1 fully saturated rings. The lowest BCUT2D eigenvalue weighted by Crippen LogP contribution is -2.39. The summed E-state index contributed by atoms with van der Waals surface area (Å²) >= 11 is 0. The molecule has 2 heterocycles. The predicted octanol–water partition coefficient (Wildman–Crippen LogP) is 2.57. The summed E-state index contributed by atoms with van der Waals surface area (Å²) in [7, 11) is 0. The molecule has 112 valence electrons. The summed E-state index contributed by atoms with van der Waals surface area (Å²) in [6, 6.07) is 3.29. The largest absolute Gasteiger partial charge is 0.492 e. The van der Waals surface area contributed by atoms with E-state index in [9.17, 15) is 14.7 Å². The number of carbonyl (C=O) groups is 2. The van der Waals surface area contributed by atoms with Crippen molar-refractivity contribution in [2.75, 3.05) is 6.61 Å². The number of aldehydes is 1. The number of benzene rings is 1. The number of ether oxygens (including phenoxy) is 1. The molecule has 0 aliphatic carbocycles. The third kappa shape index (κ3) is 2.17. The van der Waals surface area contributed by atoms with Crippen LogP contribution in [-0.4, -0.2) is 30.7 Å². The maximum Gasteiger partial charge on any atom is 0.336 e. The summed E-state index contributed by atoms with van der Waals surface area (Å²) in [5.74, 6) is 1.63. The summed E-state index contributed by atoms with van der Waals surface area (Å²) in [6.45, 7) is 0.578. The highest BCUT2D eigenvalue weighted by atomic mass is 16.5. The first kappa shape index (κ1) is 14.6. The molecule has 0 aromatic heterocycles. The van der Waals surface area contributed by atoms with Crippen molar-refractivity contribution in [1.82, 2.24) is 0 Å². The van der Waals surface area contributed by atoms with Crippen LogP contribution in [0.15, 0.2) is 12.1 Å². The fraction of sp³-hybridized carbons (Fsp3) is 0.438. The third-order valence-corrected chi connectivity index (χ3v) is 5.07. The second kappa shape index (κ2) is 5.49. The maximum absolute atomic E-state index is 11.4. The number of hydrogen-bond donors (Lipinski definition) is 1. The molecule has 1 N–H and O–H groups in total. The lowest BCUT2D eigenvalue weighted by Gasteiger charge is -2.42.